The number of nitrogens with zero attached hydrogens (tertiary/aromatic N) is 1. The summed E-state index contributed by atoms with van der Waals surface area (Å²) < 4.78 is 26.9. The molecule has 7 nitrogen and oxygen atoms in total. The first-order valence-electron chi connectivity index (χ1n) is 12.2. The molecule has 3 aromatic rings. The van der Waals surface area contributed by atoms with Crippen LogP contribution in [0, 0.1) is 0 Å². The Balaban J connectivity index is 1.37. The molecular weight excluding hydrogens is 590 g/mol. The average Bonchev–Trinajstić information content (AvgIpc) is 3.36. The SMILES string of the molecule is CN(C)S(=O)(=O)c1ccc(Cl)c(C(=O)NCc2ccc(C(=O)NC3CCCC3c3ccc(Br)cc3)cc2)c1. The number of carbonyl (C=O) groups excluding carboxylic acids is 2. The van der Waals surface area contributed by atoms with Crippen molar-refractivity contribution in [1.29, 1.82) is 0 Å². The van der Waals surface area contributed by atoms with Crippen molar-refractivity contribution in [1.82, 2.24) is 14.9 Å². The predicted molar refractivity (Wildman–Crippen MR) is 152 cm³/mol. The van der Waals surface area contributed by atoms with Crippen molar-refractivity contribution in [3.05, 3.63) is 98.5 Å². The van der Waals surface area contributed by atoms with E-state index in [2.05, 4.69) is 38.7 Å². The van der Waals surface area contributed by atoms with Crippen LogP contribution in [0.3, 0.4) is 0 Å². The van der Waals surface area contributed by atoms with Crippen molar-refractivity contribution in [3.63, 3.8) is 0 Å². The minimum Gasteiger partial charge on any atom is -0.349 e. The lowest BCUT2D eigenvalue weighted by Gasteiger charge is -2.21. The summed E-state index contributed by atoms with van der Waals surface area (Å²) in [7, 11) is -0.867. The van der Waals surface area contributed by atoms with E-state index in [0.717, 1.165) is 33.6 Å². The van der Waals surface area contributed by atoms with Gasteiger partial charge in [0.2, 0.25) is 10.0 Å². The fourth-order valence-electron chi connectivity index (χ4n) is 4.59. The lowest BCUT2D eigenvalue weighted by Crippen LogP contribution is -2.36. The third-order valence-electron chi connectivity index (χ3n) is 6.76. The van der Waals surface area contributed by atoms with Crippen molar-refractivity contribution < 1.29 is 18.0 Å². The predicted octanol–water partition coefficient (Wildman–Crippen LogP) is 5.35. The Bertz CT molecular complexity index is 1430. The number of hydrogen-bond acceptors (Lipinski definition) is 4. The second kappa shape index (κ2) is 12.0. The molecule has 1 fully saturated rings. The second-order valence-corrected chi connectivity index (χ2v) is 13.0. The molecule has 2 N–H and O–H groups in total. The van der Waals surface area contributed by atoms with Crippen LogP contribution in [0.5, 0.6) is 0 Å². The van der Waals surface area contributed by atoms with Crippen LogP contribution in [0.2, 0.25) is 5.02 Å². The highest BCUT2D eigenvalue weighted by molar-refractivity contribution is 9.10. The molecule has 0 saturated heterocycles. The molecule has 38 heavy (non-hydrogen) atoms. The van der Waals surface area contributed by atoms with E-state index in [9.17, 15) is 18.0 Å². The van der Waals surface area contributed by atoms with Gasteiger partial charge in [-0.25, -0.2) is 12.7 Å². The molecule has 0 spiro atoms. The maximum atomic E-state index is 12.9. The Morgan fingerprint density at radius 2 is 1.66 bits per heavy atom. The molecule has 2 amide bonds. The summed E-state index contributed by atoms with van der Waals surface area (Å²) >= 11 is 9.64. The number of amides is 2. The maximum absolute atomic E-state index is 12.9. The van der Waals surface area contributed by atoms with Crippen LogP contribution in [0.15, 0.2) is 76.1 Å². The minimum absolute atomic E-state index is 0.0166. The lowest BCUT2D eigenvalue weighted by molar-refractivity contribution is 0.0930. The topological polar surface area (TPSA) is 95.6 Å². The summed E-state index contributed by atoms with van der Waals surface area (Å²) in [5, 5.41) is 6.11. The Kier molecular flexibility index (Phi) is 8.92. The molecule has 1 saturated carbocycles. The lowest BCUT2D eigenvalue weighted by atomic mass is 9.94. The molecule has 200 valence electrons. The van der Waals surface area contributed by atoms with Crippen molar-refractivity contribution in [2.45, 2.75) is 42.7 Å². The highest BCUT2D eigenvalue weighted by atomic mass is 79.9. The summed E-state index contributed by atoms with van der Waals surface area (Å²) in [6.45, 7) is 0.190. The zero-order valence-corrected chi connectivity index (χ0v) is 24.2. The molecule has 2 unspecified atom stereocenters. The molecule has 0 heterocycles. The van der Waals surface area contributed by atoms with Crippen LogP contribution in [0.1, 0.15) is 57.0 Å². The molecule has 1 aliphatic carbocycles. The van der Waals surface area contributed by atoms with Crippen LogP contribution >= 0.6 is 27.5 Å². The van der Waals surface area contributed by atoms with E-state index in [1.54, 1.807) is 24.3 Å². The van der Waals surface area contributed by atoms with Gasteiger partial charge in [0, 0.05) is 42.6 Å². The summed E-state index contributed by atoms with van der Waals surface area (Å²) in [5.41, 5.74) is 2.64. The van der Waals surface area contributed by atoms with Gasteiger partial charge in [-0.15, -0.1) is 0 Å². The van der Waals surface area contributed by atoms with Gasteiger partial charge in [0.05, 0.1) is 15.5 Å². The molecule has 0 aliphatic heterocycles. The normalized spacial score (nSPS) is 17.4. The zero-order chi connectivity index (χ0) is 27.4. The quantitative estimate of drug-likeness (QED) is 0.356. The zero-order valence-electron chi connectivity index (χ0n) is 21.1. The first-order valence-corrected chi connectivity index (χ1v) is 14.8. The van der Waals surface area contributed by atoms with Gasteiger partial charge in [-0.3, -0.25) is 9.59 Å². The van der Waals surface area contributed by atoms with Crippen molar-refractivity contribution >= 4 is 49.4 Å². The third kappa shape index (κ3) is 6.46. The average molecular weight is 619 g/mol. The van der Waals surface area contributed by atoms with E-state index in [-0.39, 0.29) is 34.0 Å². The number of carbonyl (C=O) groups is 2. The number of sulfonamides is 1. The molecule has 4 rings (SSSR count). The van der Waals surface area contributed by atoms with Gasteiger partial charge < -0.3 is 10.6 Å². The molecule has 1 aliphatic rings. The summed E-state index contributed by atoms with van der Waals surface area (Å²) in [5.74, 6) is -0.326. The van der Waals surface area contributed by atoms with Crippen molar-refractivity contribution in [2.75, 3.05) is 14.1 Å². The van der Waals surface area contributed by atoms with E-state index in [1.165, 1.54) is 37.9 Å². The van der Waals surface area contributed by atoms with Crippen molar-refractivity contribution in [2.24, 2.45) is 0 Å². The Morgan fingerprint density at radius 3 is 2.32 bits per heavy atom. The standard InChI is InChI=1S/C28H29BrClN3O4S/c1-33(2)38(36,37)22-14-15-25(30)24(16-22)28(35)31-17-18-6-8-20(9-7-18)27(34)32-26-5-3-4-23(26)19-10-12-21(29)13-11-19/h6-16,23,26H,3-5,17H2,1-2H3,(H,31,35)(H,32,34). The summed E-state index contributed by atoms with van der Waals surface area (Å²) in [4.78, 5) is 25.7. The van der Waals surface area contributed by atoms with Gasteiger partial charge in [0.15, 0.2) is 0 Å². The number of rotatable bonds is 8. The van der Waals surface area contributed by atoms with E-state index >= 15 is 0 Å². The molecule has 10 heteroatoms. The van der Waals surface area contributed by atoms with Gasteiger partial charge in [0.25, 0.3) is 11.8 Å². The van der Waals surface area contributed by atoms with E-state index in [1.807, 2.05) is 12.1 Å². The number of halogens is 2. The van der Waals surface area contributed by atoms with E-state index in [4.69, 9.17) is 11.6 Å². The highest BCUT2D eigenvalue weighted by Gasteiger charge is 2.30. The summed E-state index contributed by atoms with van der Waals surface area (Å²) in [6.07, 6.45) is 3.05. The molecule has 0 radical (unpaired) electrons. The van der Waals surface area contributed by atoms with Gasteiger partial charge in [-0.2, -0.15) is 0 Å². The Morgan fingerprint density at radius 1 is 0.974 bits per heavy atom. The number of nitrogens with one attached hydrogen (secondary N) is 2. The smallest absolute Gasteiger partial charge is 0.253 e. The van der Waals surface area contributed by atoms with Gasteiger partial charge in [0.1, 0.15) is 0 Å². The first-order chi connectivity index (χ1) is 18.1. The number of benzene rings is 3. The minimum atomic E-state index is -3.70. The van der Waals surface area contributed by atoms with Gasteiger partial charge >= 0.3 is 0 Å². The molecule has 0 bridgehead atoms. The molecule has 2 atom stereocenters. The Labute approximate surface area is 236 Å². The van der Waals surface area contributed by atoms with Crippen LogP contribution < -0.4 is 10.6 Å². The van der Waals surface area contributed by atoms with E-state index < -0.39 is 15.9 Å². The molecule has 0 aromatic heterocycles. The number of hydrogen-bond donors (Lipinski definition) is 2. The van der Waals surface area contributed by atoms with Crippen LogP contribution in [0.4, 0.5) is 0 Å². The molecular formula is C28H29BrClN3O4S. The first kappa shape index (κ1) is 28.3. The monoisotopic (exact) mass is 617 g/mol. The third-order valence-corrected chi connectivity index (χ3v) is 9.43. The van der Waals surface area contributed by atoms with Crippen LogP contribution in [0.25, 0.3) is 0 Å². The largest absolute Gasteiger partial charge is 0.349 e. The van der Waals surface area contributed by atoms with E-state index in [0.29, 0.717) is 11.5 Å². The van der Waals surface area contributed by atoms with Gasteiger partial charge in [-0.05, 0) is 66.4 Å². The fraction of sp³-hybridized carbons (Fsp3) is 0.286. The van der Waals surface area contributed by atoms with Crippen LogP contribution in [-0.4, -0.2) is 44.7 Å². The highest BCUT2D eigenvalue weighted by Crippen LogP contribution is 2.35. The van der Waals surface area contributed by atoms with Crippen LogP contribution in [-0.2, 0) is 16.6 Å². The van der Waals surface area contributed by atoms with Crippen molar-refractivity contribution in [3.8, 4) is 0 Å². The maximum Gasteiger partial charge on any atom is 0.253 e. The molecule has 3 aromatic carbocycles. The Hall–Kier alpha value is -2.72. The summed E-state index contributed by atoms with van der Waals surface area (Å²) in [6, 6.07) is 19.4. The second-order valence-electron chi connectivity index (χ2n) is 9.48. The van der Waals surface area contributed by atoms with Gasteiger partial charge in [-0.1, -0.05) is 58.2 Å². The fourth-order valence-corrected chi connectivity index (χ4v) is 5.99.